The molecule has 0 amide bonds. The molecule has 0 saturated heterocycles. The number of nitrogens with zero attached hydrogens (tertiary/aromatic N) is 1. The predicted octanol–water partition coefficient (Wildman–Crippen LogP) is 1.55. The van der Waals surface area contributed by atoms with Gasteiger partial charge in [0.2, 0.25) is 0 Å². The standard InChI is InChI=1S/C11H8ClNO4/c1-13-7-5-3-2-4-6(7)9(14)8(10(13)15)11(16)17-12/h2-5,14H,1H3. The molecular formula is C11H8ClNO4. The van der Waals surface area contributed by atoms with Crippen LogP contribution in [-0.2, 0) is 11.3 Å². The van der Waals surface area contributed by atoms with E-state index in [2.05, 4.69) is 4.29 Å². The first kappa shape index (κ1) is 11.5. The van der Waals surface area contributed by atoms with Crippen LogP contribution in [0.25, 0.3) is 10.9 Å². The Bertz CT molecular complexity index is 662. The molecule has 0 unspecified atom stereocenters. The van der Waals surface area contributed by atoms with E-state index in [1.165, 1.54) is 11.6 Å². The van der Waals surface area contributed by atoms with Crippen molar-refractivity contribution in [2.75, 3.05) is 0 Å². The molecule has 0 atom stereocenters. The van der Waals surface area contributed by atoms with Crippen molar-refractivity contribution in [2.24, 2.45) is 7.05 Å². The Kier molecular flexibility index (Phi) is 2.77. The Labute approximate surface area is 101 Å². The molecule has 17 heavy (non-hydrogen) atoms. The first-order chi connectivity index (χ1) is 8.07. The van der Waals surface area contributed by atoms with Gasteiger partial charge in [0.15, 0.2) is 5.56 Å². The first-order valence-electron chi connectivity index (χ1n) is 4.71. The van der Waals surface area contributed by atoms with Crippen molar-refractivity contribution in [2.45, 2.75) is 0 Å². The van der Waals surface area contributed by atoms with E-state index in [9.17, 15) is 14.7 Å². The second-order valence-electron chi connectivity index (χ2n) is 3.47. The molecule has 0 saturated carbocycles. The maximum atomic E-state index is 11.8. The molecule has 2 rings (SSSR count). The third kappa shape index (κ3) is 1.64. The zero-order valence-electron chi connectivity index (χ0n) is 8.81. The van der Waals surface area contributed by atoms with Crippen molar-refractivity contribution >= 4 is 28.7 Å². The summed E-state index contributed by atoms with van der Waals surface area (Å²) < 4.78 is 5.21. The summed E-state index contributed by atoms with van der Waals surface area (Å²) in [5.74, 6) is -1.50. The highest BCUT2D eigenvalue weighted by atomic mass is 35.5. The molecule has 1 N–H and O–H groups in total. The second kappa shape index (κ2) is 4.10. The number of aryl methyl sites for hydroxylation is 1. The maximum absolute atomic E-state index is 11.8. The van der Waals surface area contributed by atoms with Crippen molar-refractivity contribution in [3.8, 4) is 5.75 Å². The number of hydrogen-bond acceptors (Lipinski definition) is 4. The summed E-state index contributed by atoms with van der Waals surface area (Å²) in [7, 11) is 1.50. The minimum atomic E-state index is -1.07. The number of aromatic hydroxyl groups is 1. The Morgan fingerprint density at radius 3 is 2.71 bits per heavy atom. The lowest BCUT2D eigenvalue weighted by molar-refractivity contribution is 0.0746. The van der Waals surface area contributed by atoms with Crippen LogP contribution in [0.2, 0.25) is 0 Å². The molecule has 1 aromatic heterocycles. The van der Waals surface area contributed by atoms with Crippen LogP contribution in [0.3, 0.4) is 0 Å². The Morgan fingerprint density at radius 2 is 2.06 bits per heavy atom. The van der Waals surface area contributed by atoms with Gasteiger partial charge in [0.05, 0.1) is 5.52 Å². The van der Waals surface area contributed by atoms with E-state index in [1.807, 2.05) is 0 Å². The van der Waals surface area contributed by atoms with Gasteiger partial charge in [-0.3, -0.25) is 4.79 Å². The minimum absolute atomic E-state index is 0.381. The number of aromatic nitrogens is 1. The highest BCUT2D eigenvalue weighted by Crippen LogP contribution is 2.26. The smallest absolute Gasteiger partial charge is 0.365 e. The normalized spacial score (nSPS) is 10.5. The van der Waals surface area contributed by atoms with Gasteiger partial charge >= 0.3 is 5.97 Å². The van der Waals surface area contributed by atoms with Gasteiger partial charge in [0.25, 0.3) is 5.56 Å². The van der Waals surface area contributed by atoms with Crippen LogP contribution < -0.4 is 5.56 Å². The Morgan fingerprint density at radius 1 is 1.41 bits per heavy atom. The molecule has 6 heteroatoms. The summed E-state index contributed by atoms with van der Waals surface area (Å²) in [5, 5.41) is 10.3. The summed E-state index contributed by atoms with van der Waals surface area (Å²) in [4.78, 5) is 23.2. The average molecular weight is 254 g/mol. The Hall–Kier alpha value is -2.01. The van der Waals surface area contributed by atoms with E-state index in [-0.39, 0.29) is 0 Å². The molecule has 0 radical (unpaired) electrons. The van der Waals surface area contributed by atoms with Gasteiger partial charge in [0.1, 0.15) is 17.6 Å². The number of fused-ring (bicyclic) bond motifs is 1. The quantitative estimate of drug-likeness (QED) is 0.837. The van der Waals surface area contributed by atoms with Crippen LogP contribution in [0, 0.1) is 0 Å². The first-order valence-corrected chi connectivity index (χ1v) is 5.02. The summed E-state index contributed by atoms with van der Waals surface area (Å²) in [6.07, 6.45) is 0. The van der Waals surface area contributed by atoms with E-state index >= 15 is 0 Å². The zero-order chi connectivity index (χ0) is 12.6. The number of carbonyl (C=O) groups is 1. The van der Waals surface area contributed by atoms with Gasteiger partial charge in [-0.2, -0.15) is 0 Å². The third-order valence-corrected chi connectivity index (χ3v) is 2.69. The summed E-state index contributed by atoms with van der Waals surface area (Å²) in [6.45, 7) is 0. The summed E-state index contributed by atoms with van der Waals surface area (Å²) >= 11 is 4.93. The van der Waals surface area contributed by atoms with Crippen molar-refractivity contribution < 1.29 is 14.2 Å². The fraction of sp³-hybridized carbons (Fsp3) is 0.0909. The van der Waals surface area contributed by atoms with E-state index in [0.717, 1.165) is 0 Å². The largest absolute Gasteiger partial charge is 0.506 e. The molecule has 1 heterocycles. The monoisotopic (exact) mass is 253 g/mol. The molecule has 5 nitrogen and oxygen atoms in total. The molecule has 0 aliphatic heterocycles. The number of rotatable bonds is 1. The summed E-state index contributed by atoms with van der Waals surface area (Å²) in [6, 6.07) is 6.66. The van der Waals surface area contributed by atoms with Crippen LogP contribution in [0.15, 0.2) is 29.1 Å². The second-order valence-corrected chi connectivity index (χ2v) is 3.62. The fourth-order valence-electron chi connectivity index (χ4n) is 1.70. The highest BCUT2D eigenvalue weighted by Gasteiger charge is 2.21. The molecule has 0 aliphatic rings. The van der Waals surface area contributed by atoms with Crippen molar-refractivity contribution in [3.05, 3.63) is 40.2 Å². The van der Waals surface area contributed by atoms with Gasteiger partial charge in [0, 0.05) is 12.4 Å². The van der Waals surface area contributed by atoms with Gasteiger partial charge in [-0.25, -0.2) is 4.79 Å². The SMILES string of the molecule is Cn1c(=O)c(C(=O)OCl)c(O)c2ccccc21. The van der Waals surface area contributed by atoms with E-state index in [1.54, 1.807) is 24.3 Å². The van der Waals surface area contributed by atoms with Gasteiger partial charge in [-0.15, -0.1) is 0 Å². The van der Waals surface area contributed by atoms with Crippen molar-refractivity contribution in [3.63, 3.8) is 0 Å². The van der Waals surface area contributed by atoms with Crippen LogP contribution >= 0.6 is 11.9 Å². The van der Waals surface area contributed by atoms with Crippen LogP contribution in [0.5, 0.6) is 5.75 Å². The van der Waals surface area contributed by atoms with Gasteiger partial charge < -0.3 is 14.0 Å². The zero-order valence-corrected chi connectivity index (χ0v) is 9.56. The van der Waals surface area contributed by atoms with Crippen LogP contribution in [0.4, 0.5) is 0 Å². The third-order valence-electron chi connectivity index (χ3n) is 2.55. The molecule has 88 valence electrons. The number of benzene rings is 1. The Balaban J connectivity index is 2.97. The molecular weight excluding hydrogens is 246 g/mol. The van der Waals surface area contributed by atoms with E-state index < -0.39 is 22.8 Å². The number of carbonyl (C=O) groups excluding carboxylic acids is 1. The van der Waals surface area contributed by atoms with Gasteiger partial charge in [-0.05, 0) is 12.1 Å². The predicted molar refractivity (Wildman–Crippen MR) is 62.1 cm³/mol. The van der Waals surface area contributed by atoms with Crippen molar-refractivity contribution in [1.29, 1.82) is 0 Å². The van der Waals surface area contributed by atoms with E-state index in [0.29, 0.717) is 10.9 Å². The van der Waals surface area contributed by atoms with Crippen LogP contribution in [0.1, 0.15) is 10.4 Å². The number of pyridine rings is 1. The van der Waals surface area contributed by atoms with Gasteiger partial charge in [-0.1, -0.05) is 12.1 Å². The highest BCUT2D eigenvalue weighted by molar-refractivity contribution is 6.16. The molecule has 0 spiro atoms. The number of halogens is 1. The number of hydrogen-bond donors (Lipinski definition) is 1. The fourth-order valence-corrected chi connectivity index (χ4v) is 1.78. The molecule has 0 fully saturated rings. The van der Waals surface area contributed by atoms with Crippen molar-refractivity contribution in [1.82, 2.24) is 4.57 Å². The lowest BCUT2D eigenvalue weighted by atomic mass is 10.1. The molecule has 0 bridgehead atoms. The lowest BCUT2D eigenvalue weighted by Gasteiger charge is -2.09. The minimum Gasteiger partial charge on any atom is -0.506 e. The lowest BCUT2D eigenvalue weighted by Crippen LogP contribution is -2.24. The maximum Gasteiger partial charge on any atom is 0.365 e. The van der Waals surface area contributed by atoms with Crippen LogP contribution in [-0.4, -0.2) is 15.6 Å². The molecule has 2 aromatic rings. The number of para-hydroxylation sites is 1. The molecule has 0 aliphatic carbocycles. The van der Waals surface area contributed by atoms with E-state index in [4.69, 9.17) is 11.9 Å². The molecule has 1 aromatic carbocycles. The topological polar surface area (TPSA) is 68.5 Å². The summed E-state index contributed by atoms with van der Waals surface area (Å²) in [5.41, 5.74) is -0.617. The average Bonchev–Trinajstić information content (AvgIpc) is 2.36.